The summed E-state index contributed by atoms with van der Waals surface area (Å²) in [6.07, 6.45) is 1.07. The van der Waals surface area contributed by atoms with E-state index in [0.717, 1.165) is 19.5 Å². The smallest absolute Gasteiger partial charge is 0.0369 e. The molecule has 3 rings (SSSR count). The maximum Gasteiger partial charge on any atom is 0.0369 e. The topological polar surface area (TPSA) is 29.3 Å². The Morgan fingerprint density at radius 1 is 0.920 bits per heavy atom. The van der Waals surface area contributed by atoms with E-state index in [1.807, 2.05) is 0 Å². The number of aryl methyl sites for hydroxylation is 2. The highest BCUT2D eigenvalue weighted by Crippen LogP contribution is 2.32. The number of hydrogen-bond donors (Lipinski definition) is 1. The lowest BCUT2D eigenvalue weighted by molar-refractivity contribution is 0.453. The number of anilines is 1. The average Bonchev–Trinajstić information content (AvgIpc) is 2.56. The van der Waals surface area contributed by atoms with Crippen molar-refractivity contribution in [1.29, 1.82) is 0 Å². The van der Waals surface area contributed by atoms with Crippen molar-refractivity contribution < 1.29 is 0 Å². The minimum absolute atomic E-state index is 0.201. The molecular weight excluding hydrogens is 304 g/mol. The summed E-state index contributed by atoms with van der Waals surface area (Å²) in [5, 5.41) is 0. The molecule has 0 spiro atoms. The second-order valence-electron chi connectivity index (χ2n) is 8.74. The van der Waals surface area contributed by atoms with Crippen LogP contribution in [0.25, 0.3) is 0 Å². The minimum atomic E-state index is 0.201. The fourth-order valence-electron chi connectivity index (χ4n) is 3.77. The summed E-state index contributed by atoms with van der Waals surface area (Å²) in [6, 6.07) is 16.2. The molecule has 1 heterocycles. The van der Waals surface area contributed by atoms with Gasteiger partial charge in [-0.3, -0.25) is 0 Å². The van der Waals surface area contributed by atoms with Crippen LogP contribution in [0.15, 0.2) is 42.5 Å². The molecule has 134 valence electrons. The Morgan fingerprint density at radius 3 is 2.20 bits per heavy atom. The van der Waals surface area contributed by atoms with Crippen molar-refractivity contribution in [2.45, 2.75) is 58.4 Å². The van der Waals surface area contributed by atoms with Gasteiger partial charge in [0, 0.05) is 30.7 Å². The van der Waals surface area contributed by atoms with Crippen molar-refractivity contribution >= 4 is 5.69 Å². The standard InChI is InChI=1S/C23H32N2/c1-16-6-11-22(12-17(16)2)25-14-19(13-21(24)15-25)18-7-9-20(10-8-18)23(3,4)5/h6-12,19,21H,13-15,24H2,1-5H3. The number of nitrogens with zero attached hydrogens (tertiary/aromatic N) is 1. The van der Waals surface area contributed by atoms with Gasteiger partial charge in [0.2, 0.25) is 0 Å². The number of piperidine rings is 1. The predicted molar refractivity (Wildman–Crippen MR) is 109 cm³/mol. The van der Waals surface area contributed by atoms with Crippen molar-refractivity contribution in [3.05, 3.63) is 64.7 Å². The molecule has 0 aliphatic carbocycles. The first-order valence-electron chi connectivity index (χ1n) is 9.42. The molecule has 2 nitrogen and oxygen atoms in total. The molecule has 2 N–H and O–H groups in total. The van der Waals surface area contributed by atoms with E-state index in [2.05, 4.69) is 82.0 Å². The second kappa shape index (κ2) is 6.84. The van der Waals surface area contributed by atoms with Gasteiger partial charge in [0.15, 0.2) is 0 Å². The van der Waals surface area contributed by atoms with Gasteiger partial charge in [-0.1, -0.05) is 51.1 Å². The van der Waals surface area contributed by atoms with Gasteiger partial charge in [0.25, 0.3) is 0 Å². The Morgan fingerprint density at radius 2 is 1.60 bits per heavy atom. The maximum absolute atomic E-state index is 6.42. The minimum Gasteiger partial charge on any atom is -0.369 e. The molecular formula is C23H32N2. The van der Waals surface area contributed by atoms with E-state index < -0.39 is 0 Å². The molecule has 2 aromatic carbocycles. The SMILES string of the molecule is Cc1ccc(N2CC(N)CC(c3ccc(C(C)(C)C)cc3)C2)cc1C. The molecule has 0 radical (unpaired) electrons. The molecule has 2 aromatic rings. The quantitative estimate of drug-likeness (QED) is 0.843. The Bertz CT molecular complexity index is 725. The molecule has 1 saturated heterocycles. The number of hydrogen-bond acceptors (Lipinski definition) is 2. The largest absolute Gasteiger partial charge is 0.369 e. The molecule has 1 aliphatic heterocycles. The molecule has 25 heavy (non-hydrogen) atoms. The first kappa shape index (κ1) is 18.0. The van der Waals surface area contributed by atoms with Crippen molar-refractivity contribution in [1.82, 2.24) is 0 Å². The van der Waals surface area contributed by atoms with E-state index in [4.69, 9.17) is 5.73 Å². The molecule has 0 bridgehead atoms. The Labute approximate surface area is 153 Å². The molecule has 0 amide bonds. The zero-order valence-electron chi connectivity index (χ0n) is 16.3. The van der Waals surface area contributed by atoms with E-state index in [0.29, 0.717) is 5.92 Å². The van der Waals surface area contributed by atoms with Gasteiger partial charge in [-0.15, -0.1) is 0 Å². The number of nitrogens with two attached hydrogens (primary N) is 1. The summed E-state index contributed by atoms with van der Waals surface area (Å²) < 4.78 is 0. The molecule has 2 unspecified atom stereocenters. The summed E-state index contributed by atoms with van der Waals surface area (Å²) in [5.41, 5.74) is 13.4. The highest BCUT2D eigenvalue weighted by atomic mass is 15.2. The van der Waals surface area contributed by atoms with Crippen molar-refractivity contribution in [3.63, 3.8) is 0 Å². The van der Waals surface area contributed by atoms with Crippen LogP contribution < -0.4 is 10.6 Å². The Balaban J connectivity index is 1.81. The molecule has 1 fully saturated rings. The number of rotatable bonds is 2. The van der Waals surface area contributed by atoms with E-state index in [-0.39, 0.29) is 11.5 Å². The monoisotopic (exact) mass is 336 g/mol. The van der Waals surface area contributed by atoms with Crippen LogP contribution in [0.3, 0.4) is 0 Å². The lowest BCUT2D eigenvalue weighted by atomic mass is 9.83. The third-order valence-corrected chi connectivity index (χ3v) is 5.59. The zero-order valence-corrected chi connectivity index (χ0v) is 16.3. The lowest BCUT2D eigenvalue weighted by Crippen LogP contribution is -2.46. The molecule has 1 aliphatic rings. The maximum atomic E-state index is 6.42. The average molecular weight is 337 g/mol. The lowest BCUT2D eigenvalue weighted by Gasteiger charge is -2.38. The summed E-state index contributed by atoms with van der Waals surface area (Å²) in [6.45, 7) is 13.1. The fraction of sp³-hybridized carbons (Fsp3) is 0.478. The van der Waals surface area contributed by atoms with Crippen molar-refractivity contribution in [2.24, 2.45) is 5.73 Å². The third kappa shape index (κ3) is 4.07. The third-order valence-electron chi connectivity index (χ3n) is 5.59. The van der Waals surface area contributed by atoms with Crippen LogP contribution in [0, 0.1) is 13.8 Å². The summed E-state index contributed by atoms with van der Waals surface area (Å²) in [5.74, 6) is 0.499. The molecule has 0 saturated carbocycles. The van der Waals surface area contributed by atoms with Crippen LogP contribution in [0.2, 0.25) is 0 Å². The van der Waals surface area contributed by atoms with E-state index in [1.54, 1.807) is 0 Å². The van der Waals surface area contributed by atoms with Gasteiger partial charge in [0.1, 0.15) is 0 Å². The Kier molecular flexibility index (Phi) is 4.92. The first-order chi connectivity index (χ1) is 11.7. The second-order valence-corrected chi connectivity index (χ2v) is 8.74. The number of benzene rings is 2. The van der Waals surface area contributed by atoms with Crippen molar-refractivity contribution in [2.75, 3.05) is 18.0 Å². The normalized spacial score (nSPS) is 21.4. The van der Waals surface area contributed by atoms with Gasteiger partial charge in [0.05, 0.1) is 0 Å². The summed E-state index contributed by atoms with van der Waals surface area (Å²) >= 11 is 0. The van der Waals surface area contributed by atoms with Gasteiger partial charge in [-0.05, 0) is 60.1 Å². The van der Waals surface area contributed by atoms with E-state index in [9.17, 15) is 0 Å². The van der Waals surface area contributed by atoms with Crippen LogP contribution in [-0.4, -0.2) is 19.1 Å². The van der Waals surface area contributed by atoms with Gasteiger partial charge in [-0.25, -0.2) is 0 Å². The van der Waals surface area contributed by atoms with Crippen LogP contribution in [0.4, 0.5) is 5.69 Å². The highest BCUT2D eigenvalue weighted by Gasteiger charge is 2.27. The molecule has 2 heteroatoms. The molecule has 2 atom stereocenters. The fourth-order valence-corrected chi connectivity index (χ4v) is 3.77. The van der Waals surface area contributed by atoms with Crippen LogP contribution in [0.5, 0.6) is 0 Å². The first-order valence-corrected chi connectivity index (χ1v) is 9.42. The van der Waals surface area contributed by atoms with E-state index >= 15 is 0 Å². The van der Waals surface area contributed by atoms with Gasteiger partial charge < -0.3 is 10.6 Å². The van der Waals surface area contributed by atoms with E-state index in [1.165, 1.54) is 27.9 Å². The van der Waals surface area contributed by atoms with Gasteiger partial charge >= 0.3 is 0 Å². The Hall–Kier alpha value is -1.80. The molecule has 0 aromatic heterocycles. The van der Waals surface area contributed by atoms with Crippen LogP contribution >= 0.6 is 0 Å². The highest BCUT2D eigenvalue weighted by molar-refractivity contribution is 5.52. The van der Waals surface area contributed by atoms with Crippen LogP contribution in [0.1, 0.15) is 55.4 Å². The zero-order chi connectivity index (χ0) is 18.2. The summed E-state index contributed by atoms with van der Waals surface area (Å²) in [7, 11) is 0. The summed E-state index contributed by atoms with van der Waals surface area (Å²) in [4.78, 5) is 2.46. The van der Waals surface area contributed by atoms with Gasteiger partial charge in [-0.2, -0.15) is 0 Å². The van der Waals surface area contributed by atoms with Crippen molar-refractivity contribution in [3.8, 4) is 0 Å². The van der Waals surface area contributed by atoms with Crippen LogP contribution in [-0.2, 0) is 5.41 Å². The predicted octanol–water partition coefficient (Wildman–Crippen LogP) is 4.92.